The van der Waals surface area contributed by atoms with E-state index in [0.717, 1.165) is 12.1 Å². The Labute approximate surface area is 127 Å². The molecule has 5 nitrogen and oxygen atoms in total. The number of hydrogen-bond donors (Lipinski definition) is 1. The maximum atomic E-state index is 13.6. The fourth-order valence-corrected chi connectivity index (χ4v) is 2.63. The predicted molar refractivity (Wildman–Crippen MR) is 77.0 cm³/mol. The third kappa shape index (κ3) is 5.11. The fraction of sp³-hybridized carbons (Fsp3) is 0.308. The summed E-state index contributed by atoms with van der Waals surface area (Å²) < 4.78 is 44.3. The third-order valence-corrected chi connectivity index (χ3v) is 4.09. The van der Waals surface area contributed by atoms with Crippen LogP contribution >= 0.6 is 11.6 Å². The van der Waals surface area contributed by atoms with Crippen molar-refractivity contribution in [3.63, 3.8) is 0 Å². The molecule has 0 saturated heterocycles. The molecule has 21 heavy (non-hydrogen) atoms. The molecule has 1 unspecified atom stereocenters. The van der Waals surface area contributed by atoms with Crippen LogP contribution in [0.3, 0.4) is 0 Å². The Kier molecular flexibility index (Phi) is 6.32. The first kappa shape index (κ1) is 17.6. The Balaban J connectivity index is 2.80. The zero-order chi connectivity index (χ0) is 16.0. The SMILES string of the molecule is C=CCCOC(C)C(=O)NS(=O)(=O)c1ccc(Cl)cc1F. The van der Waals surface area contributed by atoms with E-state index in [2.05, 4.69) is 6.58 Å². The summed E-state index contributed by atoms with van der Waals surface area (Å²) in [4.78, 5) is 11.1. The smallest absolute Gasteiger partial charge is 0.267 e. The molecule has 1 rings (SSSR count). The third-order valence-electron chi connectivity index (χ3n) is 2.48. The summed E-state index contributed by atoms with van der Waals surface area (Å²) in [5, 5.41) is 0.0545. The van der Waals surface area contributed by atoms with Crippen LogP contribution in [0.2, 0.25) is 5.02 Å². The average molecular weight is 336 g/mol. The molecule has 0 aliphatic rings. The molecule has 8 heteroatoms. The lowest BCUT2D eigenvalue weighted by Crippen LogP contribution is -2.39. The minimum absolute atomic E-state index is 0.0545. The van der Waals surface area contributed by atoms with Crippen molar-refractivity contribution in [1.29, 1.82) is 0 Å². The Hall–Kier alpha value is -1.44. The number of halogens is 2. The first-order valence-corrected chi connectivity index (χ1v) is 7.88. The predicted octanol–water partition coefficient (Wildman–Crippen LogP) is 2.27. The zero-order valence-electron chi connectivity index (χ0n) is 11.3. The molecular formula is C13H15ClFNO4S. The molecule has 0 bridgehead atoms. The van der Waals surface area contributed by atoms with Crippen molar-refractivity contribution in [1.82, 2.24) is 4.72 Å². The van der Waals surface area contributed by atoms with Crippen LogP contribution in [0.5, 0.6) is 0 Å². The monoisotopic (exact) mass is 335 g/mol. The standard InChI is InChI=1S/C13H15ClFNO4S/c1-3-4-7-20-9(2)13(17)16-21(18,19)12-6-5-10(14)8-11(12)15/h3,5-6,8-9H,1,4,7H2,2H3,(H,16,17). The highest BCUT2D eigenvalue weighted by atomic mass is 35.5. The number of sulfonamides is 1. The van der Waals surface area contributed by atoms with Crippen molar-refractivity contribution in [3.05, 3.63) is 41.7 Å². The molecule has 0 aliphatic heterocycles. The van der Waals surface area contributed by atoms with E-state index in [1.165, 1.54) is 13.0 Å². The maximum Gasteiger partial charge on any atom is 0.267 e. The Morgan fingerprint density at radius 3 is 2.81 bits per heavy atom. The second-order valence-electron chi connectivity index (χ2n) is 4.13. The van der Waals surface area contributed by atoms with E-state index < -0.39 is 32.7 Å². The highest BCUT2D eigenvalue weighted by Crippen LogP contribution is 2.18. The van der Waals surface area contributed by atoms with Gasteiger partial charge in [0.25, 0.3) is 15.9 Å². The summed E-state index contributed by atoms with van der Waals surface area (Å²) >= 11 is 5.54. The molecule has 1 N–H and O–H groups in total. The minimum Gasteiger partial charge on any atom is -0.368 e. The van der Waals surface area contributed by atoms with Crippen molar-refractivity contribution < 1.29 is 22.3 Å². The van der Waals surface area contributed by atoms with Crippen molar-refractivity contribution >= 4 is 27.5 Å². The lowest BCUT2D eigenvalue weighted by molar-refractivity contribution is -0.129. The summed E-state index contributed by atoms with van der Waals surface area (Å²) in [7, 11) is -4.32. The molecule has 0 fully saturated rings. The van der Waals surface area contributed by atoms with E-state index in [0.29, 0.717) is 6.42 Å². The van der Waals surface area contributed by atoms with Crippen LogP contribution in [0.25, 0.3) is 0 Å². The number of carbonyl (C=O) groups is 1. The van der Waals surface area contributed by atoms with Gasteiger partial charge < -0.3 is 4.74 Å². The van der Waals surface area contributed by atoms with Gasteiger partial charge >= 0.3 is 0 Å². The van der Waals surface area contributed by atoms with Crippen molar-refractivity contribution in [2.24, 2.45) is 0 Å². The van der Waals surface area contributed by atoms with E-state index in [1.54, 1.807) is 10.8 Å². The second kappa shape index (κ2) is 7.53. The number of nitrogens with one attached hydrogen (secondary N) is 1. The summed E-state index contributed by atoms with van der Waals surface area (Å²) in [5.74, 6) is -1.92. The van der Waals surface area contributed by atoms with E-state index in [1.807, 2.05) is 0 Å². The maximum absolute atomic E-state index is 13.6. The highest BCUT2D eigenvalue weighted by Gasteiger charge is 2.24. The van der Waals surface area contributed by atoms with Crippen LogP contribution in [0, 0.1) is 5.82 Å². The molecule has 0 saturated carbocycles. The fourth-order valence-electron chi connectivity index (χ4n) is 1.37. The summed E-state index contributed by atoms with van der Waals surface area (Å²) in [6, 6.07) is 3.05. The molecule has 0 aromatic heterocycles. The normalized spacial score (nSPS) is 12.7. The van der Waals surface area contributed by atoms with Gasteiger partial charge in [-0.2, -0.15) is 0 Å². The van der Waals surface area contributed by atoms with Crippen LogP contribution < -0.4 is 4.72 Å². The number of benzene rings is 1. The number of amides is 1. The van der Waals surface area contributed by atoms with Crippen molar-refractivity contribution in [2.45, 2.75) is 24.3 Å². The van der Waals surface area contributed by atoms with Gasteiger partial charge in [-0.3, -0.25) is 4.79 Å². The van der Waals surface area contributed by atoms with Gasteiger partial charge in [-0.15, -0.1) is 6.58 Å². The van der Waals surface area contributed by atoms with Gasteiger partial charge in [0.05, 0.1) is 6.61 Å². The van der Waals surface area contributed by atoms with Crippen LogP contribution in [0.15, 0.2) is 35.7 Å². The van der Waals surface area contributed by atoms with Gasteiger partial charge in [-0.05, 0) is 31.5 Å². The molecule has 1 atom stereocenters. The second-order valence-corrected chi connectivity index (χ2v) is 6.22. The van der Waals surface area contributed by atoms with Crippen LogP contribution in [-0.2, 0) is 19.6 Å². The first-order chi connectivity index (χ1) is 9.77. The molecule has 116 valence electrons. The van der Waals surface area contributed by atoms with E-state index >= 15 is 0 Å². The summed E-state index contributed by atoms with van der Waals surface area (Å²) in [6.07, 6.45) is 1.13. The minimum atomic E-state index is -4.32. The average Bonchev–Trinajstić information content (AvgIpc) is 2.37. The van der Waals surface area contributed by atoms with Crippen molar-refractivity contribution in [2.75, 3.05) is 6.61 Å². The summed E-state index contributed by atoms with van der Waals surface area (Å²) in [5.41, 5.74) is 0. The van der Waals surface area contributed by atoms with Crippen molar-refractivity contribution in [3.8, 4) is 0 Å². The van der Waals surface area contributed by atoms with Crippen LogP contribution in [0.1, 0.15) is 13.3 Å². The molecule has 1 aromatic rings. The van der Waals surface area contributed by atoms with E-state index in [9.17, 15) is 17.6 Å². The number of hydrogen-bond acceptors (Lipinski definition) is 4. The molecule has 1 amide bonds. The van der Waals surface area contributed by atoms with Gasteiger partial charge in [0.15, 0.2) is 0 Å². The molecule has 0 aliphatic carbocycles. The molecule has 0 heterocycles. The number of rotatable bonds is 7. The Bertz CT molecular complexity index is 633. The Morgan fingerprint density at radius 1 is 1.57 bits per heavy atom. The Morgan fingerprint density at radius 2 is 2.24 bits per heavy atom. The molecule has 0 spiro atoms. The lowest BCUT2D eigenvalue weighted by Gasteiger charge is -2.13. The zero-order valence-corrected chi connectivity index (χ0v) is 12.9. The van der Waals surface area contributed by atoms with Gasteiger partial charge in [0, 0.05) is 5.02 Å². The first-order valence-electron chi connectivity index (χ1n) is 6.02. The quantitative estimate of drug-likeness (QED) is 0.613. The van der Waals surface area contributed by atoms with Crippen LogP contribution in [0.4, 0.5) is 4.39 Å². The number of carbonyl (C=O) groups excluding carboxylic acids is 1. The van der Waals surface area contributed by atoms with Crippen LogP contribution in [-0.4, -0.2) is 27.0 Å². The van der Waals surface area contributed by atoms with Gasteiger partial charge in [0.2, 0.25) is 0 Å². The lowest BCUT2D eigenvalue weighted by atomic mass is 10.3. The van der Waals surface area contributed by atoms with Gasteiger partial charge in [-0.25, -0.2) is 17.5 Å². The molecule has 1 aromatic carbocycles. The van der Waals surface area contributed by atoms with Gasteiger partial charge in [0.1, 0.15) is 16.8 Å². The van der Waals surface area contributed by atoms with E-state index in [4.69, 9.17) is 16.3 Å². The summed E-state index contributed by atoms with van der Waals surface area (Å²) in [6.45, 7) is 5.11. The van der Waals surface area contributed by atoms with E-state index in [-0.39, 0.29) is 11.6 Å². The molecule has 0 radical (unpaired) electrons. The topological polar surface area (TPSA) is 72.5 Å². The largest absolute Gasteiger partial charge is 0.368 e. The highest BCUT2D eigenvalue weighted by molar-refractivity contribution is 7.90. The van der Waals surface area contributed by atoms with Gasteiger partial charge in [-0.1, -0.05) is 17.7 Å². The molecular weight excluding hydrogens is 321 g/mol. The number of ether oxygens (including phenoxy) is 1.